The van der Waals surface area contributed by atoms with E-state index in [0.29, 0.717) is 60.9 Å². The van der Waals surface area contributed by atoms with Gasteiger partial charge in [-0.3, -0.25) is 4.79 Å². The van der Waals surface area contributed by atoms with Gasteiger partial charge >= 0.3 is 0 Å². The maximum atomic E-state index is 15.1. The van der Waals surface area contributed by atoms with Crippen molar-refractivity contribution in [2.45, 2.75) is 63.3 Å². The van der Waals surface area contributed by atoms with Crippen molar-refractivity contribution in [1.82, 2.24) is 15.2 Å². The van der Waals surface area contributed by atoms with Gasteiger partial charge in [0.1, 0.15) is 11.8 Å². The molecule has 3 aromatic rings. The third kappa shape index (κ3) is 3.92. The van der Waals surface area contributed by atoms with Crippen LogP contribution in [0.1, 0.15) is 49.0 Å². The highest BCUT2D eigenvalue weighted by Gasteiger charge is 2.44. The van der Waals surface area contributed by atoms with Gasteiger partial charge in [-0.05, 0) is 50.8 Å². The number of anilines is 2. The van der Waals surface area contributed by atoms with Crippen LogP contribution >= 0.6 is 0 Å². The average Bonchev–Trinajstić information content (AvgIpc) is 3.65. The van der Waals surface area contributed by atoms with E-state index in [1.165, 1.54) is 12.1 Å². The number of fused-ring (bicyclic) bond motifs is 3. The molecule has 190 valence electrons. The van der Waals surface area contributed by atoms with Crippen LogP contribution in [-0.2, 0) is 15.4 Å². The second-order valence-corrected chi connectivity index (χ2v) is 10.0. The fourth-order valence-electron chi connectivity index (χ4n) is 5.59. The molecule has 2 N–H and O–H groups in total. The number of H-pyrrole nitrogens is 1. The maximum absolute atomic E-state index is 15.1. The molecule has 6 rings (SSSR count). The Kier molecular flexibility index (Phi) is 5.68. The van der Waals surface area contributed by atoms with Crippen LogP contribution < -0.4 is 15.8 Å². The van der Waals surface area contributed by atoms with E-state index in [1.54, 1.807) is 13.0 Å². The SMILES string of the molecule is Cc1nnc(N[C@H](C)c2cccc(C(F)(F)C3CCCO3)c2)c2cc(N3CC4CC3CO4)c(=O)[nH]c12. The number of ether oxygens (including phenoxy) is 2. The Bertz CT molecular complexity index is 1360. The summed E-state index contributed by atoms with van der Waals surface area (Å²) in [7, 11) is 0. The average molecular weight is 498 g/mol. The normalized spacial score (nSPS) is 24.6. The Morgan fingerprint density at radius 2 is 2.11 bits per heavy atom. The van der Waals surface area contributed by atoms with E-state index >= 15 is 8.78 Å². The summed E-state index contributed by atoms with van der Waals surface area (Å²) < 4.78 is 41.1. The van der Waals surface area contributed by atoms with E-state index in [1.807, 2.05) is 19.1 Å². The first-order chi connectivity index (χ1) is 17.3. The first-order valence-electron chi connectivity index (χ1n) is 12.5. The lowest BCUT2D eigenvalue weighted by Crippen LogP contribution is -2.39. The minimum Gasteiger partial charge on any atom is -0.374 e. The van der Waals surface area contributed by atoms with Gasteiger partial charge in [-0.2, -0.15) is 13.9 Å². The number of morpholine rings is 1. The van der Waals surface area contributed by atoms with Crippen LogP contribution in [-0.4, -0.2) is 53.2 Å². The van der Waals surface area contributed by atoms with Crippen molar-refractivity contribution >= 4 is 22.4 Å². The Morgan fingerprint density at radius 3 is 2.83 bits per heavy atom. The number of nitrogens with zero attached hydrogens (tertiary/aromatic N) is 3. The second kappa shape index (κ2) is 8.77. The summed E-state index contributed by atoms with van der Waals surface area (Å²) in [4.78, 5) is 18.0. The number of aryl methyl sites for hydroxylation is 1. The molecule has 10 heteroatoms. The molecule has 3 fully saturated rings. The highest BCUT2D eigenvalue weighted by Crippen LogP contribution is 2.39. The Hall–Kier alpha value is -3.11. The fourth-order valence-corrected chi connectivity index (χ4v) is 5.59. The smallest absolute Gasteiger partial charge is 0.298 e. The van der Waals surface area contributed by atoms with Crippen LogP contribution in [0.15, 0.2) is 35.1 Å². The highest BCUT2D eigenvalue weighted by atomic mass is 19.3. The van der Waals surface area contributed by atoms with E-state index in [2.05, 4.69) is 25.4 Å². The van der Waals surface area contributed by atoms with Crippen molar-refractivity contribution in [3.05, 3.63) is 57.5 Å². The number of nitrogens with one attached hydrogen (secondary N) is 2. The zero-order chi connectivity index (χ0) is 25.0. The zero-order valence-electron chi connectivity index (χ0n) is 20.3. The third-order valence-corrected chi connectivity index (χ3v) is 7.61. The van der Waals surface area contributed by atoms with Crippen molar-refractivity contribution in [3.8, 4) is 0 Å². The number of hydrogen-bond acceptors (Lipinski definition) is 7. The molecule has 3 unspecified atom stereocenters. The van der Waals surface area contributed by atoms with E-state index in [-0.39, 0.29) is 29.3 Å². The molecule has 0 amide bonds. The lowest BCUT2D eigenvalue weighted by atomic mass is 9.97. The number of hydrogen-bond donors (Lipinski definition) is 2. The predicted molar refractivity (Wildman–Crippen MR) is 132 cm³/mol. The van der Waals surface area contributed by atoms with E-state index in [4.69, 9.17) is 9.47 Å². The first-order valence-corrected chi connectivity index (χ1v) is 12.5. The number of halogens is 2. The molecule has 36 heavy (non-hydrogen) atoms. The summed E-state index contributed by atoms with van der Waals surface area (Å²) in [5, 5.41) is 12.6. The number of benzene rings is 1. The van der Waals surface area contributed by atoms with Gasteiger partial charge in [-0.15, -0.1) is 5.10 Å². The molecule has 8 nitrogen and oxygen atoms in total. The Labute approximate surface area is 207 Å². The molecule has 4 atom stereocenters. The largest absolute Gasteiger partial charge is 0.374 e. The van der Waals surface area contributed by atoms with Gasteiger partial charge < -0.3 is 24.7 Å². The van der Waals surface area contributed by atoms with E-state index < -0.39 is 12.0 Å². The van der Waals surface area contributed by atoms with Gasteiger partial charge in [0.15, 0.2) is 5.82 Å². The van der Waals surface area contributed by atoms with Crippen LogP contribution in [0.4, 0.5) is 20.3 Å². The number of aromatic nitrogens is 3. The molecule has 3 aliphatic rings. The quantitative estimate of drug-likeness (QED) is 0.531. The van der Waals surface area contributed by atoms with Crippen LogP contribution in [0.2, 0.25) is 0 Å². The lowest BCUT2D eigenvalue weighted by molar-refractivity contribution is -0.122. The summed E-state index contributed by atoms with van der Waals surface area (Å²) in [5.41, 5.74) is 2.26. The topological polar surface area (TPSA) is 92.4 Å². The fraction of sp³-hybridized carbons (Fsp3) is 0.500. The number of pyridine rings is 1. The molecular weight excluding hydrogens is 468 g/mol. The van der Waals surface area contributed by atoms with Crippen LogP contribution in [0.3, 0.4) is 0 Å². The van der Waals surface area contributed by atoms with Crippen LogP contribution in [0.5, 0.6) is 0 Å². The Morgan fingerprint density at radius 1 is 1.25 bits per heavy atom. The molecule has 0 aliphatic carbocycles. The number of rotatable bonds is 6. The molecular formula is C26H29F2N5O3. The molecule has 3 aliphatic heterocycles. The summed E-state index contributed by atoms with van der Waals surface area (Å²) in [6.07, 6.45) is 0.971. The van der Waals surface area contributed by atoms with Crippen molar-refractivity contribution in [3.63, 3.8) is 0 Å². The van der Waals surface area contributed by atoms with E-state index in [0.717, 1.165) is 11.8 Å². The van der Waals surface area contributed by atoms with Gasteiger partial charge in [0, 0.05) is 24.1 Å². The summed E-state index contributed by atoms with van der Waals surface area (Å²) in [6, 6.07) is 8.13. The van der Waals surface area contributed by atoms with Crippen molar-refractivity contribution < 1.29 is 18.3 Å². The standard InChI is InChI=1S/C26H29F2N5O3/c1-14(16-5-3-6-17(9-16)26(27,28)22-7-4-8-35-22)29-24-20-11-21(33-12-19-10-18(33)13-36-19)25(34)30-23(20)15(2)31-32-24/h3,5-6,9,11,14,18-19,22H,4,7-8,10,12-13H2,1-2H3,(H,29,32)(H,30,34)/t14-,18?,19?,22?/m1/s1. The molecule has 2 aromatic heterocycles. The highest BCUT2D eigenvalue weighted by molar-refractivity contribution is 5.92. The maximum Gasteiger partial charge on any atom is 0.298 e. The molecule has 0 saturated carbocycles. The minimum absolute atomic E-state index is 0.0571. The second-order valence-electron chi connectivity index (χ2n) is 10.0. The monoisotopic (exact) mass is 497 g/mol. The van der Waals surface area contributed by atoms with Crippen LogP contribution in [0, 0.1) is 6.92 Å². The van der Waals surface area contributed by atoms with Gasteiger partial charge in [-0.25, -0.2) is 0 Å². The molecule has 1 aromatic carbocycles. The van der Waals surface area contributed by atoms with Gasteiger partial charge in [-0.1, -0.05) is 18.2 Å². The first kappa shape index (κ1) is 23.3. The van der Waals surface area contributed by atoms with E-state index in [9.17, 15) is 4.79 Å². The number of alkyl halides is 2. The van der Waals surface area contributed by atoms with Gasteiger partial charge in [0.05, 0.1) is 36.0 Å². The Balaban J connectivity index is 1.32. The summed E-state index contributed by atoms with van der Waals surface area (Å²) >= 11 is 0. The third-order valence-electron chi connectivity index (χ3n) is 7.61. The molecule has 0 radical (unpaired) electrons. The molecule has 5 heterocycles. The summed E-state index contributed by atoms with van der Waals surface area (Å²) in [5.74, 6) is -2.58. The predicted octanol–water partition coefficient (Wildman–Crippen LogP) is 4.05. The minimum atomic E-state index is -3.06. The van der Waals surface area contributed by atoms with Crippen molar-refractivity contribution in [2.75, 3.05) is 30.0 Å². The van der Waals surface area contributed by atoms with Gasteiger partial charge in [0.25, 0.3) is 11.5 Å². The molecule has 0 spiro atoms. The molecule has 3 saturated heterocycles. The lowest BCUT2D eigenvalue weighted by Gasteiger charge is -2.28. The number of aromatic amines is 1. The molecule has 2 bridgehead atoms. The van der Waals surface area contributed by atoms with Crippen molar-refractivity contribution in [2.24, 2.45) is 0 Å². The van der Waals surface area contributed by atoms with Crippen molar-refractivity contribution in [1.29, 1.82) is 0 Å². The summed E-state index contributed by atoms with van der Waals surface area (Å²) in [6.45, 7) is 5.35. The zero-order valence-corrected chi connectivity index (χ0v) is 20.3. The van der Waals surface area contributed by atoms with Crippen LogP contribution in [0.25, 0.3) is 10.9 Å². The van der Waals surface area contributed by atoms with Gasteiger partial charge in [0.2, 0.25) is 0 Å².